The Morgan fingerprint density at radius 3 is 0.919 bits per heavy atom. The molecule has 1 aliphatic carbocycles. The topological polar surface area (TPSA) is 13.0 Å². The van der Waals surface area contributed by atoms with Crippen molar-refractivity contribution in [3.63, 3.8) is 0 Å². The van der Waals surface area contributed by atoms with Crippen molar-refractivity contribution < 1.29 is 0 Å². The Kier molecular flexibility index (Phi) is 13.7. The van der Waals surface area contributed by atoms with E-state index in [1.54, 1.807) is 0 Å². The van der Waals surface area contributed by atoms with Crippen LogP contribution in [-0.4, -0.2) is 6.04 Å². The van der Waals surface area contributed by atoms with E-state index in [2.05, 4.69) is 365 Å². The predicted molar refractivity (Wildman–Crippen MR) is 367 cm³/mol. The SMILES string of the molecule is C1=CCC(N(c2ccccc2)c2ccc3cc(-c4c5ccc(N(c6ccccc6)c6ccccc6)cc5c(-c5ccc6cc(N(c7ccccc7)c7ccccc7)ccc6c5)c5ccc(N(c6ccccc6)c6ccccc6)cc45)ccc3c2)C=C1. The second-order valence-electron chi connectivity index (χ2n) is 22.0. The summed E-state index contributed by atoms with van der Waals surface area (Å²) in [5, 5.41) is 9.35. The average molecular weight is 1100 g/mol. The molecule has 0 bridgehead atoms. The monoisotopic (exact) mass is 1100 g/mol. The lowest BCUT2D eigenvalue weighted by atomic mass is 9.84. The van der Waals surface area contributed by atoms with E-state index in [1.807, 2.05) is 0 Å². The van der Waals surface area contributed by atoms with Gasteiger partial charge in [0.2, 0.25) is 0 Å². The van der Waals surface area contributed by atoms with E-state index in [0.29, 0.717) is 0 Å². The van der Waals surface area contributed by atoms with Crippen LogP contribution in [0.25, 0.3) is 65.3 Å². The normalized spacial score (nSPS) is 12.9. The molecule has 0 N–H and O–H groups in total. The zero-order valence-electron chi connectivity index (χ0n) is 47.5. The van der Waals surface area contributed by atoms with Crippen LogP contribution in [0.2, 0.25) is 0 Å². The van der Waals surface area contributed by atoms with Crippen LogP contribution in [0, 0.1) is 0 Å². The highest BCUT2D eigenvalue weighted by Gasteiger charge is 2.24. The largest absolute Gasteiger partial charge is 0.334 e. The molecule has 0 fully saturated rings. The third-order valence-electron chi connectivity index (χ3n) is 16.8. The summed E-state index contributed by atoms with van der Waals surface area (Å²) >= 11 is 0. The minimum absolute atomic E-state index is 0.199. The van der Waals surface area contributed by atoms with Gasteiger partial charge in [-0.25, -0.2) is 0 Å². The van der Waals surface area contributed by atoms with Gasteiger partial charge in [-0.2, -0.15) is 0 Å². The molecule has 408 valence electrons. The van der Waals surface area contributed by atoms with Crippen molar-refractivity contribution in [2.24, 2.45) is 0 Å². The molecular weight excluding hydrogens is 1040 g/mol. The first kappa shape index (κ1) is 51.7. The molecule has 0 saturated carbocycles. The minimum Gasteiger partial charge on any atom is -0.334 e. The fourth-order valence-corrected chi connectivity index (χ4v) is 12.9. The Hall–Kier alpha value is -11.2. The molecule has 86 heavy (non-hydrogen) atoms. The van der Waals surface area contributed by atoms with Crippen molar-refractivity contribution >= 4 is 106 Å². The summed E-state index contributed by atoms with van der Waals surface area (Å²) in [7, 11) is 0. The molecule has 0 aliphatic heterocycles. The number of anilines is 11. The first-order valence-corrected chi connectivity index (χ1v) is 29.7. The van der Waals surface area contributed by atoms with Crippen LogP contribution in [0.3, 0.4) is 0 Å². The smallest absolute Gasteiger partial charge is 0.0559 e. The van der Waals surface area contributed by atoms with E-state index >= 15 is 0 Å². The van der Waals surface area contributed by atoms with E-state index in [9.17, 15) is 0 Å². The standard InChI is InChI=1S/C82H60N4/c1-9-25-65(26-10-1)83(66-27-11-2-12-28-66)73-47-45-59-53-63(43-41-61(59)55-73)81-77-51-49-76(86(71-37-21-7-22-38-71)72-39-23-8-24-40-72)58-80(77)82(78-52-50-75(57-79(78)81)85(69-33-17-5-18-34-69)70-35-19-6-20-36-70)64-44-42-62-56-74(48-46-60(62)54-64)84(67-29-13-3-14-30-67)68-31-15-4-16-32-68/h1-31,33-58,68H,32H2. The Bertz CT molecular complexity index is 4660. The number of hydrogen-bond donors (Lipinski definition) is 0. The molecule has 4 nitrogen and oxygen atoms in total. The minimum atomic E-state index is 0.199. The molecule has 14 aromatic carbocycles. The number of rotatable bonds is 14. The summed E-state index contributed by atoms with van der Waals surface area (Å²) in [5.74, 6) is 0. The summed E-state index contributed by atoms with van der Waals surface area (Å²) in [5.41, 5.74) is 16.8. The Balaban J connectivity index is 0.979. The summed E-state index contributed by atoms with van der Waals surface area (Å²) in [6.07, 6.45) is 9.84. The molecule has 0 saturated heterocycles. The van der Waals surface area contributed by atoms with Gasteiger partial charge in [-0.05, 0) is 217 Å². The Morgan fingerprint density at radius 1 is 0.233 bits per heavy atom. The molecule has 0 amide bonds. The quantitative estimate of drug-likeness (QED) is 0.101. The first-order chi connectivity index (χ1) is 42.7. The van der Waals surface area contributed by atoms with Gasteiger partial charge in [0.15, 0.2) is 0 Å². The Labute approximate surface area is 503 Å². The van der Waals surface area contributed by atoms with Crippen molar-refractivity contribution in [2.75, 3.05) is 19.6 Å². The number of benzene rings is 14. The van der Waals surface area contributed by atoms with Gasteiger partial charge in [0.25, 0.3) is 0 Å². The molecule has 0 radical (unpaired) electrons. The third kappa shape index (κ3) is 9.89. The van der Waals surface area contributed by atoms with E-state index in [4.69, 9.17) is 0 Å². The lowest BCUT2D eigenvalue weighted by Gasteiger charge is -2.32. The summed E-state index contributed by atoms with van der Waals surface area (Å²) in [4.78, 5) is 9.57. The predicted octanol–water partition coefficient (Wildman–Crippen LogP) is 23.1. The van der Waals surface area contributed by atoms with Gasteiger partial charge in [0.1, 0.15) is 0 Å². The van der Waals surface area contributed by atoms with Gasteiger partial charge in [-0.3, -0.25) is 0 Å². The highest BCUT2D eigenvalue weighted by Crippen LogP contribution is 2.50. The van der Waals surface area contributed by atoms with Gasteiger partial charge < -0.3 is 19.6 Å². The maximum absolute atomic E-state index is 2.47. The third-order valence-corrected chi connectivity index (χ3v) is 16.8. The molecule has 0 spiro atoms. The summed E-state index contributed by atoms with van der Waals surface area (Å²) in [6, 6.07) is 118. The van der Waals surface area contributed by atoms with Crippen molar-refractivity contribution in [2.45, 2.75) is 12.5 Å². The lowest BCUT2D eigenvalue weighted by molar-refractivity contribution is 0.785. The first-order valence-electron chi connectivity index (χ1n) is 29.7. The molecule has 15 rings (SSSR count). The van der Waals surface area contributed by atoms with E-state index in [-0.39, 0.29) is 6.04 Å². The molecule has 0 heterocycles. The molecular formula is C82H60N4. The van der Waals surface area contributed by atoms with Crippen molar-refractivity contribution in [1.82, 2.24) is 0 Å². The number of hydrogen-bond acceptors (Lipinski definition) is 4. The fourth-order valence-electron chi connectivity index (χ4n) is 12.9. The molecule has 14 aromatic rings. The zero-order valence-corrected chi connectivity index (χ0v) is 47.5. The molecule has 4 heteroatoms. The molecule has 1 unspecified atom stereocenters. The van der Waals surface area contributed by atoms with Gasteiger partial charge in [-0.15, -0.1) is 0 Å². The van der Waals surface area contributed by atoms with Crippen LogP contribution in [0.1, 0.15) is 6.42 Å². The van der Waals surface area contributed by atoms with Crippen LogP contribution in [0.5, 0.6) is 0 Å². The van der Waals surface area contributed by atoms with Crippen LogP contribution in [0.4, 0.5) is 62.6 Å². The molecule has 1 atom stereocenters. The van der Waals surface area contributed by atoms with E-state index < -0.39 is 0 Å². The van der Waals surface area contributed by atoms with Gasteiger partial charge in [0, 0.05) is 62.6 Å². The van der Waals surface area contributed by atoms with Gasteiger partial charge >= 0.3 is 0 Å². The fraction of sp³-hybridized carbons (Fsp3) is 0.0244. The Morgan fingerprint density at radius 2 is 0.547 bits per heavy atom. The maximum atomic E-state index is 2.47. The maximum Gasteiger partial charge on any atom is 0.0559 e. The van der Waals surface area contributed by atoms with Crippen LogP contribution >= 0.6 is 0 Å². The molecule has 0 aromatic heterocycles. The number of allylic oxidation sites excluding steroid dienone is 2. The van der Waals surface area contributed by atoms with Crippen molar-refractivity contribution in [1.29, 1.82) is 0 Å². The van der Waals surface area contributed by atoms with E-state index in [0.717, 1.165) is 90.3 Å². The van der Waals surface area contributed by atoms with Crippen LogP contribution < -0.4 is 19.6 Å². The summed E-state index contributed by atoms with van der Waals surface area (Å²) in [6.45, 7) is 0. The van der Waals surface area contributed by atoms with Crippen LogP contribution in [-0.2, 0) is 0 Å². The van der Waals surface area contributed by atoms with Gasteiger partial charge in [0.05, 0.1) is 6.04 Å². The van der Waals surface area contributed by atoms with E-state index in [1.165, 1.54) is 44.0 Å². The molecule has 1 aliphatic rings. The van der Waals surface area contributed by atoms with Gasteiger partial charge in [-0.1, -0.05) is 200 Å². The number of fused-ring (bicyclic) bond motifs is 4. The average Bonchev–Trinajstić information content (AvgIpc) is 1.11. The number of para-hydroxylation sites is 7. The van der Waals surface area contributed by atoms with Crippen molar-refractivity contribution in [3.05, 3.63) is 346 Å². The zero-order chi connectivity index (χ0) is 57.2. The summed E-state index contributed by atoms with van der Waals surface area (Å²) < 4.78 is 0. The van der Waals surface area contributed by atoms with Crippen LogP contribution in [0.15, 0.2) is 346 Å². The number of nitrogens with zero attached hydrogens (tertiary/aromatic N) is 4. The van der Waals surface area contributed by atoms with Crippen molar-refractivity contribution in [3.8, 4) is 22.3 Å². The highest BCUT2D eigenvalue weighted by atomic mass is 15.2. The lowest BCUT2D eigenvalue weighted by Crippen LogP contribution is -2.29. The second kappa shape index (κ2) is 22.9. The second-order valence-corrected chi connectivity index (χ2v) is 22.0. The highest BCUT2D eigenvalue weighted by molar-refractivity contribution is 6.23.